The number of carboxylic acid groups (broad SMARTS) is 1. The van der Waals surface area contributed by atoms with Gasteiger partial charge in [-0.05, 0) is 17.2 Å². The molecule has 0 bridgehead atoms. The van der Waals surface area contributed by atoms with Gasteiger partial charge in [0.15, 0.2) is 0 Å². The van der Waals surface area contributed by atoms with Crippen molar-refractivity contribution in [1.82, 2.24) is 24.6 Å². The number of hydrogen-bond acceptors (Lipinski definition) is 4. The number of nitrogens with zero attached hydrogens (tertiary/aromatic N) is 4. The lowest BCUT2D eigenvalue weighted by molar-refractivity contribution is -0.144. The standard InChI is InChI=1S/C18H19N5O2/c24-18(25)17-8-15-16(20-12-19-15)11-22(17)9-13-4-1-2-5-14(13)10-23-7-3-6-21-23/h1-7,12,17H,8-11H2,(H,19,20)(H,24,25)/t17-/m0/s1. The Morgan fingerprint density at radius 1 is 1.24 bits per heavy atom. The molecular weight excluding hydrogens is 318 g/mol. The van der Waals surface area contributed by atoms with Crippen LogP contribution in [0.25, 0.3) is 0 Å². The molecule has 4 rings (SSSR count). The van der Waals surface area contributed by atoms with Crippen LogP contribution in [0.15, 0.2) is 49.1 Å². The maximum atomic E-state index is 11.7. The Labute approximate surface area is 144 Å². The number of carbonyl (C=O) groups is 1. The number of rotatable bonds is 5. The maximum absolute atomic E-state index is 11.7. The van der Waals surface area contributed by atoms with Crippen LogP contribution < -0.4 is 0 Å². The topological polar surface area (TPSA) is 87.0 Å². The van der Waals surface area contributed by atoms with Gasteiger partial charge in [-0.15, -0.1) is 0 Å². The van der Waals surface area contributed by atoms with E-state index in [0.29, 0.717) is 26.1 Å². The fraction of sp³-hybridized carbons (Fsp3) is 0.278. The Kier molecular flexibility index (Phi) is 4.07. The fourth-order valence-corrected chi connectivity index (χ4v) is 3.35. The number of carboxylic acids is 1. The van der Waals surface area contributed by atoms with Crippen molar-refractivity contribution in [2.24, 2.45) is 0 Å². The summed E-state index contributed by atoms with van der Waals surface area (Å²) in [4.78, 5) is 21.1. The predicted molar refractivity (Wildman–Crippen MR) is 90.7 cm³/mol. The number of aliphatic carboxylic acids is 1. The Morgan fingerprint density at radius 2 is 2.04 bits per heavy atom. The van der Waals surface area contributed by atoms with Crippen LogP contribution in [0.3, 0.4) is 0 Å². The first-order chi connectivity index (χ1) is 12.2. The second kappa shape index (κ2) is 6.52. The maximum Gasteiger partial charge on any atom is 0.321 e. The van der Waals surface area contributed by atoms with Gasteiger partial charge in [0.1, 0.15) is 6.04 Å². The highest BCUT2D eigenvalue weighted by atomic mass is 16.4. The van der Waals surface area contributed by atoms with Gasteiger partial charge in [0.05, 0.1) is 24.3 Å². The lowest BCUT2D eigenvalue weighted by Crippen LogP contribution is -2.45. The molecule has 7 nitrogen and oxygen atoms in total. The molecule has 7 heteroatoms. The molecule has 0 fully saturated rings. The number of aromatic nitrogens is 4. The third-order valence-electron chi connectivity index (χ3n) is 4.66. The molecule has 0 saturated carbocycles. The summed E-state index contributed by atoms with van der Waals surface area (Å²) in [5.74, 6) is -0.807. The summed E-state index contributed by atoms with van der Waals surface area (Å²) in [6.45, 7) is 1.80. The third kappa shape index (κ3) is 3.18. The molecule has 3 heterocycles. The van der Waals surface area contributed by atoms with Gasteiger partial charge in [0, 0.05) is 31.9 Å². The molecule has 0 unspecified atom stereocenters. The molecule has 2 aromatic heterocycles. The number of aromatic amines is 1. The van der Waals surface area contributed by atoms with Gasteiger partial charge in [0.2, 0.25) is 0 Å². The number of nitrogens with one attached hydrogen (secondary N) is 1. The van der Waals surface area contributed by atoms with Gasteiger partial charge in [-0.3, -0.25) is 14.4 Å². The second-order valence-corrected chi connectivity index (χ2v) is 6.26. The number of imidazole rings is 1. The minimum Gasteiger partial charge on any atom is -0.480 e. The third-order valence-corrected chi connectivity index (χ3v) is 4.66. The molecule has 1 aromatic carbocycles. The predicted octanol–water partition coefficient (Wildman–Crippen LogP) is 1.67. The van der Waals surface area contributed by atoms with Crippen LogP contribution >= 0.6 is 0 Å². The molecule has 3 aromatic rings. The van der Waals surface area contributed by atoms with Crippen LogP contribution in [0.5, 0.6) is 0 Å². The molecule has 128 valence electrons. The van der Waals surface area contributed by atoms with E-state index in [9.17, 15) is 9.90 Å². The van der Waals surface area contributed by atoms with E-state index in [1.165, 1.54) is 0 Å². The summed E-state index contributed by atoms with van der Waals surface area (Å²) in [5.41, 5.74) is 4.12. The normalized spacial score (nSPS) is 17.4. The molecule has 0 amide bonds. The zero-order chi connectivity index (χ0) is 17.2. The number of hydrogen-bond donors (Lipinski definition) is 2. The Morgan fingerprint density at radius 3 is 2.76 bits per heavy atom. The van der Waals surface area contributed by atoms with Crippen LogP contribution in [0.2, 0.25) is 0 Å². The van der Waals surface area contributed by atoms with E-state index in [1.54, 1.807) is 12.5 Å². The lowest BCUT2D eigenvalue weighted by atomic mass is 10.00. The highest BCUT2D eigenvalue weighted by Crippen LogP contribution is 2.24. The molecule has 0 saturated heterocycles. The molecule has 1 atom stereocenters. The van der Waals surface area contributed by atoms with Gasteiger partial charge >= 0.3 is 5.97 Å². The smallest absolute Gasteiger partial charge is 0.321 e. The molecule has 1 aliphatic heterocycles. The van der Waals surface area contributed by atoms with Gasteiger partial charge in [-0.25, -0.2) is 4.98 Å². The molecule has 25 heavy (non-hydrogen) atoms. The van der Waals surface area contributed by atoms with E-state index < -0.39 is 12.0 Å². The van der Waals surface area contributed by atoms with E-state index in [0.717, 1.165) is 22.5 Å². The summed E-state index contributed by atoms with van der Waals surface area (Å²) in [6.07, 6.45) is 5.75. The highest BCUT2D eigenvalue weighted by Gasteiger charge is 2.33. The summed E-state index contributed by atoms with van der Waals surface area (Å²) < 4.78 is 1.87. The minimum atomic E-state index is -0.807. The van der Waals surface area contributed by atoms with Crippen molar-refractivity contribution in [1.29, 1.82) is 0 Å². The first-order valence-electron chi connectivity index (χ1n) is 8.23. The SMILES string of the molecule is O=C(O)[C@@H]1Cc2nc[nH]c2CN1Cc1ccccc1Cn1cccn1. The molecule has 2 N–H and O–H groups in total. The first kappa shape index (κ1) is 15.6. The quantitative estimate of drug-likeness (QED) is 0.739. The van der Waals surface area contributed by atoms with Crippen molar-refractivity contribution in [2.75, 3.05) is 0 Å². The minimum absolute atomic E-state index is 0.426. The first-order valence-corrected chi connectivity index (χ1v) is 8.23. The van der Waals surface area contributed by atoms with Crippen LogP contribution in [0.1, 0.15) is 22.5 Å². The van der Waals surface area contributed by atoms with Gasteiger partial charge in [-0.2, -0.15) is 5.10 Å². The second-order valence-electron chi connectivity index (χ2n) is 6.26. The van der Waals surface area contributed by atoms with Crippen molar-refractivity contribution in [3.8, 4) is 0 Å². The largest absolute Gasteiger partial charge is 0.480 e. The molecule has 1 aliphatic rings. The average molecular weight is 337 g/mol. The van der Waals surface area contributed by atoms with Gasteiger partial charge in [-0.1, -0.05) is 24.3 Å². The Hall–Kier alpha value is -2.93. The molecule has 0 aliphatic carbocycles. The monoisotopic (exact) mass is 337 g/mol. The van der Waals surface area contributed by atoms with Crippen LogP contribution in [-0.4, -0.2) is 41.8 Å². The zero-order valence-electron chi connectivity index (χ0n) is 13.7. The summed E-state index contributed by atoms with van der Waals surface area (Å²) >= 11 is 0. The highest BCUT2D eigenvalue weighted by molar-refractivity contribution is 5.74. The Bertz CT molecular complexity index is 871. The lowest BCUT2D eigenvalue weighted by Gasteiger charge is -2.32. The van der Waals surface area contributed by atoms with E-state index in [4.69, 9.17) is 0 Å². The van der Waals surface area contributed by atoms with Crippen molar-refractivity contribution < 1.29 is 9.90 Å². The molecule has 0 spiro atoms. The summed E-state index contributed by atoms with van der Waals surface area (Å²) in [7, 11) is 0. The Balaban J connectivity index is 1.60. The van der Waals surface area contributed by atoms with Crippen LogP contribution in [0.4, 0.5) is 0 Å². The van der Waals surface area contributed by atoms with Gasteiger partial charge in [0.25, 0.3) is 0 Å². The molecule has 0 radical (unpaired) electrons. The van der Waals surface area contributed by atoms with Gasteiger partial charge < -0.3 is 10.1 Å². The van der Waals surface area contributed by atoms with Crippen molar-refractivity contribution in [3.05, 3.63) is 71.6 Å². The fourth-order valence-electron chi connectivity index (χ4n) is 3.35. The van der Waals surface area contributed by atoms with Crippen LogP contribution in [0, 0.1) is 0 Å². The van der Waals surface area contributed by atoms with Crippen molar-refractivity contribution in [2.45, 2.75) is 32.1 Å². The average Bonchev–Trinajstić information content (AvgIpc) is 3.27. The van der Waals surface area contributed by atoms with Crippen molar-refractivity contribution in [3.63, 3.8) is 0 Å². The number of H-pyrrole nitrogens is 1. The summed E-state index contributed by atoms with van der Waals surface area (Å²) in [6, 6.07) is 9.45. The van der Waals surface area contributed by atoms with E-state index in [2.05, 4.69) is 27.2 Å². The van der Waals surface area contributed by atoms with E-state index in [-0.39, 0.29) is 0 Å². The van der Waals surface area contributed by atoms with E-state index >= 15 is 0 Å². The van der Waals surface area contributed by atoms with Crippen molar-refractivity contribution >= 4 is 5.97 Å². The summed E-state index contributed by atoms with van der Waals surface area (Å²) in [5, 5.41) is 13.9. The zero-order valence-corrected chi connectivity index (χ0v) is 13.7. The number of benzene rings is 1. The molecular formula is C18H19N5O2. The van der Waals surface area contributed by atoms with E-state index in [1.807, 2.05) is 34.0 Å². The van der Waals surface area contributed by atoms with Crippen LogP contribution in [-0.2, 0) is 30.8 Å². The number of fused-ring (bicyclic) bond motifs is 1.